The number of sulfonamides is 1. The minimum absolute atomic E-state index is 0.0880. The molecular weight excluding hydrogens is 471 g/mol. The first-order valence-corrected chi connectivity index (χ1v) is 10.6. The van der Waals surface area contributed by atoms with Gasteiger partial charge in [-0.15, -0.1) is 5.10 Å². The molecular formula is C19H13ClF3N5O3S. The molecule has 3 aromatic rings. The molecule has 0 spiro atoms. The highest BCUT2D eigenvalue weighted by atomic mass is 35.5. The third-order valence-corrected chi connectivity index (χ3v) is 6.09. The molecule has 0 radical (unpaired) electrons. The van der Waals surface area contributed by atoms with Crippen molar-refractivity contribution in [3.63, 3.8) is 0 Å². The van der Waals surface area contributed by atoms with Gasteiger partial charge in [0.2, 0.25) is 0 Å². The Morgan fingerprint density at radius 2 is 1.88 bits per heavy atom. The third kappa shape index (κ3) is 4.44. The fraction of sp³-hybridized carbons (Fsp3) is 0.158. The SMILES string of the molecule is Cc1ccc(C)c(S(=O)(=O)NC(=O)c2nnn(-c3ccc(C#N)cc3Cl)c2C(F)(F)F)c1. The Balaban J connectivity index is 2.08. The van der Waals surface area contributed by atoms with E-state index in [9.17, 15) is 26.4 Å². The van der Waals surface area contributed by atoms with Crippen LogP contribution in [0.1, 0.15) is 32.9 Å². The van der Waals surface area contributed by atoms with Crippen molar-refractivity contribution in [2.24, 2.45) is 0 Å². The monoisotopic (exact) mass is 483 g/mol. The maximum Gasteiger partial charge on any atom is 0.435 e. The molecule has 13 heteroatoms. The highest BCUT2D eigenvalue weighted by Gasteiger charge is 2.43. The maximum absolute atomic E-state index is 13.8. The summed E-state index contributed by atoms with van der Waals surface area (Å²) in [6.45, 7) is 3.09. The molecule has 1 aromatic heterocycles. The van der Waals surface area contributed by atoms with Crippen molar-refractivity contribution in [2.75, 3.05) is 0 Å². The van der Waals surface area contributed by atoms with Gasteiger partial charge in [0.05, 0.1) is 27.2 Å². The molecule has 1 heterocycles. The van der Waals surface area contributed by atoms with Gasteiger partial charge < -0.3 is 0 Å². The van der Waals surface area contributed by atoms with E-state index in [1.807, 2.05) is 0 Å². The van der Waals surface area contributed by atoms with E-state index in [2.05, 4.69) is 10.3 Å². The number of halogens is 4. The molecule has 1 amide bonds. The van der Waals surface area contributed by atoms with Gasteiger partial charge in [-0.2, -0.15) is 18.4 Å². The van der Waals surface area contributed by atoms with Crippen LogP contribution in [0.4, 0.5) is 13.2 Å². The summed E-state index contributed by atoms with van der Waals surface area (Å²) in [6.07, 6.45) is -5.14. The number of amides is 1. The van der Waals surface area contributed by atoms with Crippen LogP contribution in [0.5, 0.6) is 0 Å². The molecule has 0 fully saturated rings. The van der Waals surface area contributed by atoms with Crippen molar-refractivity contribution in [2.45, 2.75) is 24.9 Å². The van der Waals surface area contributed by atoms with E-state index in [0.717, 1.165) is 12.1 Å². The number of hydrogen-bond acceptors (Lipinski definition) is 6. The van der Waals surface area contributed by atoms with Crippen molar-refractivity contribution in [1.29, 1.82) is 5.26 Å². The average molecular weight is 484 g/mol. The number of carbonyl (C=O) groups excluding carboxylic acids is 1. The number of rotatable bonds is 4. The van der Waals surface area contributed by atoms with E-state index < -0.39 is 33.5 Å². The van der Waals surface area contributed by atoms with E-state index in [1.165, 1.54) is 25.1 Å². The van der Waals surface area contributed by atoms with Gasteiger partial charge in [0.1, 0.15) is 0 Å². The van der Waals surface area contributed by atoms with Crippen LogP contribution in [-0.4, -0.2) is 29.3 Å². The second-order valence-electron chi connectivity index (χ2n) is 6.68. The summed E-state index contributed by atoms with van der Waals surface area (Å²) in [7, 11) is -4.50. The zero-order valence-corrected chi connectivity index (χ0v) is 18.0. The number of alkyl halides is 3. The molecule has 32 heavy (non-hydrogen) atoms. The zero-order valence-electron chi connectivity index (χ0n) is 16.4. The Hall–Kier alpha value is -3.43. The second kappa shape index (κ2) is 8.25. The molecule has 0 atom stereocenters. The number of benzene rings is 2. The number of hydrogen-bond donors (Lipinski definition) is 1. The molecule has 0 saturated heterocycles. The first-order chi connectivity index (χ1) is 14.8. The van der Waals surface area contributed by atoms with Crippen molar-refractivity contribution >= 4 is 27.5 Å². The standard InChI is InChI=1S/C19H13ClF3N5O3S/c1-10-3-4-11(2)15(7-10)32(30,31)26-18(29)16-17(19(21,22)23)28(27-25-16)14-6-5-12(9-24)8-13(14)20/h3-8H,1-2H3,(H,26,29). The second-order valence-corrected chi connectivity index (χ2v) is 8.74. The number of aryl methyl sites for hydroxylation is 2. The van der Waals surface area contributed by atoms with E-state index in [4.69, 9.17) is 16.9 Å². The lowest BCUT2D eigenvalue weighted by molar-refractivity contribution is -0.143. The van der Waals surface area contributed by atoms with Crippen LogP contribution < -0.4 is 4.72 Å². The molecule has 8 nitrogen and oxygen atoms in total. The van der Waals surface area contributed by atoms with Gasteiger partial charge in [0.15, 0.2) is 11.4 Å². The molecule has 0 aliphatic rings. The van der Waals surface area contributed by atoms with Crippen molar-refractivity contribution < 1.29 is 26.4 Å². The van der Waals surface area contributed by atoms with Crippen LogP contribution >= 0.6 is 11.6 Å². The van der Waals surface area contributed by atoms with Crippen LogP contribution in [0, 0.1) is 25.2 Å². The minimum Gasteiger partial charge on any atom is -0.266 e. The molecule has 0 bridgehead atoms. The summed E-state index contributed by atoms with van der Waals surface area (Å²) in [5, 5.41) is 15.2. The first kappa shape index (κ1) is 23.2. The summed E-state index contributed by atoms with van der Waals surface area (Å²) < 4.78 is 68.6. The van der Waals surface area contributed by atoms with E-state index in [0.29, 0.717) is 11.1 Å². The van der Waals surface area contributed by atoms with E-state index >= 15 is 0 Å². The summed E-state index contributed by atoms with van der Waals surface area (Å²) in [5.74, 6) is -1.62. The highest BCUT2D eigenvalue weighted by molar-refractivity contribution is 7.90. The van der Waals surface area contributed by atoms with Crippen LogP contribution in [0.15, 0.2) is 41.3 Å². The Labute approximate surface area is 185 Å². The molecule has 0 aliphatic heterocycles. The summed E-state index contributed by atoms with van der Waals surface area (Å²) in [5.41, 5.74) is -2.24. The van der Waals surface area contributed by atoms with Gasteiger partial charge in [0, 0.05) is 0 Å². The van der Waals surface area contributed by atoms with Gasteiger partial charge in [-0.05, 0) is 49.2 Å². The van der Waals surface area contributed by atoms with Crippen LogP contribution in [0.25, 0.3) is 5.69 Å². The Morgan fingerprint density at radius 1 is 1.19 bits per heavy atom. The van der Waals surface area contributed by atoms with Gasteiger partial charge >= 0.3 is 6.18 Å². The third-order valence-electron chi connectivity index (χ3n) is 4.32. The average Bonchev–Trinajstić information content (AvgIpc) is 3.15. The van der Waals surface area contributed by atoms with Gasteiger partial charge in [0.25, 0.3) is 15.9 Å². The normalized spacial score (nSPS) is 11.8. The fourth-order valence-corrected chi connectivity index (χ4v) is 4.37. The Bertz CT molecular complexity index is 1380. The smallest absolute Gasteiger partial charge is 0.266 e. The maximum atomic E-state index is 13.8. The number of nitrogens with one attached hydrogen (secondary N) is 1. The lowest BCUT2D eigenvalue weighted by Gasteiger charge is -2.13. The molecule has 166 valence electrons. The zero-order chi connectivity index (χ0) is 23.8. The molecule has 1 N–H and O–H groups in total. The van der Waals surface area contributed by atoms with Gasteiger partial charge in [-0.1, -0.05) is 28.9 Å². The van der Waals surface area contributed by atoms with Crippen molar-refractivity contribution in [1.82, 2.24) is 19.7 Å². The Kier molecular flexibility index (Phi) is 5.99. The molecule has 3 rings (SSSR count). The van der Waals surface area contributed by atoms with Crippen LogP contribution in [0.3, 0.4) is 0 Å². The molecule has 0 unspecified atom stereocenters. The van der Waals surface area contributed by atoms with E-state index in [1.54, 1.807) is 23.8 Å². The number of aromatic nitrogens is 3. The van der Waals surface area contributed by atoms with Crippen LogP contribution in [0.2, 0.25) is 5.02 Å². The molecule has 0 saturated carbocycles. The quantitative estimate of drug-likeness (QED) is 0.606. The number of nitriles is 1. The molecule has 0 aliphatic carbocycles. The fourth-order valence-electron chi connectivity index (χ4n) is 2.83. The highest BCUT2D eigenvalue weighted by Crippen LogP contribution is 2.34. The van der Waals surface area contributed by atoms with Crippen molar-refractivity contribution in [3.05, 3.63) is 69.5 Å². The topological polar surface area (TPSA) is 118 Å². The predicted octanol–water partition coefficient (Wildman–Crippen LogP) is 3.55. The number of nitrogens with zero attached hydrogens (tertiary/aromatic N) is 4. The first-order valence-electron chi connectivity index (χ1n) is 8.72. The summed E-state index contributed by atoms with van der Waals surface area (Å²) >= 11 is 5.97. The summed E-state index contributed by atoms with van der Waals surface area (Å²) in [6, 6.07) is 9.62. The van der Waals surface area contributed by atoms with Crippen LogP contribution in [-0.2, 0) is 16.2 Å². The number of carbonyl (C=O) groups is 1. The van der Waals surface area contributed by atoms with E-state index in [-0.39, 0.29) is 25.9 Å². The predicted molar refractivity (Wildman–Crippen MR) is 107 cm³/mol. The minimum atomic E-state index is -5.14. The molecule has 2 aromatic carbocycles. The largest absolute Gasteiger partial charge is 0.435 e. The summed E-state index contributed by atoms with van der Waals surface area (Å²) in [4.78, 5) is 12.3. The van der Waals surface area contributed by atoms with Gasteiger partial charge in [-0.3, -0.25) is 4.79 Å². The lowest BCUT2D eigenvalue weighted by Crippen LogP contribution is -2.33. The Morgan fingerprint density at radius 3 is 2.47 bits per heavy atom. The van der Waals surface area contributed by atoms with Gasteiger partial charge in [-0.25, -0.2) is 17.8 Å². The van der Waals surface area contributed by atoms with Crippen molar-refractivity contribution in [3.8, 4) is 11.8 Å². The lowest BCUT2D eigenvalue weighted by atomic mass is 10.2.